The molecule has 0 radical (unpaired) electrons. The molecule has 3 aromatic rings. The van der Waals surface area contributed by atoms with E-state index in [9.17, 15) is 0 Å². The monoisotopic (exact) mass is 348 g/mol. The van der Waals surface area contributed by atoms with E-state index >= 15 is 0 Å². The van der Waals surface area contributed by atoms with Crippen molar-refractivity contribution in [1.29, 1.82) is 0 Å². The van der Waals surface area contributed by atoms with Gasteiger partial charge in [-0.15, -0.1) is 11.3 Å². The summed E-state index contributed by atoms with van der Waals surface area (Å²) in [6.07, 6.45) is 3.62. The highest BCUT2D eigenvalue weighted by Crippen LogP contribution is 2.38. The molecule has 0 saturated heterocycles. The van der Waals surface area contributed by atoms with E-state index in [1.54, 1.807) is 22.1 Å². The van der Waals surface area contributed by atoms with Gasteiger partial charge in [-0.05, 0) is 23.6 Å². The minimum absolute atomic E-state index is 0.151. The van der Waals surface area contributed by atoms with Crippen molar-refractivity contribution >= 4 is 46.2 Å². The molecule has 1 atom stereocenters. The minimum atomic E-state index is -0.151. The molecule has 0 spiro atoms. The van der Waals surface area contributed by atoms with Crippen LogP contribution < -0.4 is 5.32 Å². The molecule has 1 unspecified atom stereocenters. The lowest BCUT2D eigenvalue weighted by Gasteiger charge is -2.24. The van der Waals surface area contributed by atoms with Crippen LogP contribution in [-0.4, -0.2) is 14.8 Å². The first-order valence-electron chi connectivity index (χ1n) is 6.60. The van der Waals surface area contributed by atoms with Crippen LogP contribution in [0.25, 0.3) is 5.70 Å². The number of nitrogens with one attached hydrogen (secondary N) is 1. The van der Waals surface area contributed by atoms with Crippen molar-refractivity contribution in [2.24, 2.45) is 0 Å². The molecular formula is C15H10Cl2N4S. The summed E-state index contributed by atoms with van der Waals surface area (Å²) >= 11 is 14.2. The van der Waals surface area contributed by atoms with Gasteiger partial charge in [-0.2, -0.15) is 10.1 Å². The predicted molar refractivity (Wildman–Crippen MR) is 90.5 cm³/mol. The molecule has 1 N–H and O–H groups in total. The van der Waals surface area contributed by atoms with Crippen LogP contribution in [0.3, 0.4) is 0 Å². The van der Waals surface area contributed by atoms with Gasteiger partial charge in [-0.25, -0.2) is 4.68 Å². The smallest absolute Gasteiger partial charge is 0.226 e. The molecule has 3 heterocycles. The summed E-state index contributed by atoms with van der Waals surface area (Å²) in [7, 11) is 0. The zero-order chi connectivity index (χ0) is 15.1. The maximum Gasteiger partial charge on any atom is 0.226 e. The van der Waals surface area contributed by atoms with E-state index in [0.717, 1.165) is 16.1 Å². The molecule has 2 aromatic heterocycles. The van der Waals surface area contributed by atoms with Gasteiger partial charge in [0.2, 0.25) is 5.95 Å². The van der Waals surface area contributed by atoms with Crippen molar-refractivity contribution in [2.45, 2.75) is 6.04 Å². The second kappa shape index (κ2) is 5.43. The summed E-state index contributed by atoms with van der Waals surface area (Å²) in [5, 5.41) is 10.7. The molecule has 0 bridgehead atoms. The summed E-state index contributed by atoms with van der Waals surface area (Å²) in [4.78, 5) is 5.41. The van der Waals surface area contributed by atoms with Gasteiger partial charge < -0.3 is 5.32 Å². The molecule has 0 fully saturated rings. The minimum Gasteiger partial charge on any atom is -0.323 e. The Morgan fingerprint density at radius 3 is 2.91 bits per heavy atom. The maximum atomic E-state index is 6.39. The quantitative estimate of drug-likeness (QED) is 0.729. The fraction of sp³-hybridized carbons (Fsp3) is 0.0667. The Balaban J connectivity index is 1.88. The molecule has 1 aliphatic heterocycles. The standard InChI is InChI=1S/C15H10Cl2N4S/c16-10-4-1-3-9(14(10)17)12-7-11(13-5-2-6-22-13)20-15-18-8-19-21(12)15/h1-8,12H,(H,18,19,20). The Kier molecular flexibility index (Phi) is 3.41. The van der Waals surface area contributed by atoms with Gasteiger partial charge in [-0.3, -0.25) is 0 Å². The van der Waals surface area contributed by atoms with Gasteiger partial charge >= 0.3 is 0 Å². The Labute approximate surface area is 141 Å². The summed E-state index contributed by atoms with van der Waals surface area (Å²) in [6.45, 7) is 0. The van der Waals surface area contributed by atoms with Crippen molar-refractivity contribution < 1.29 is 0 Å². The highest BCUT2D eigenvalue weighted by molar-refractivity contribution is 7.11. The predicted octanol–water partition coefficient (Wildman–Crippen LogP) is 4.70. The molecule has 0 amide bonds. The van der Waals surface area contributed by atoms with Crippen LogP contribution >= 0.6 is 34.5 Å². The van der Waals surface area contributed by atoms with E-state index in [-0.39, 0.29) is 6.04 Å². The molecule has 4 nitrogen and oxygen atoms in total. The summed E-state index contributed by atoms with van der Waals surface area (Å²) in [5.74, 6) is 0.687. The van der Waals surface area contributed by atoms with Gasteiger partial charge in [0.15, 0.2) is 0 Å². The average molecular weight is 349 g/mol. The number of thiophene rings is 1. The first-order valence-corrected chi connectivity index (χ1v) is 8.24. The Morgan fingerprint density at radius 1 is 1.18 bits per heavy atom. The molecule has 22 heavy (non-hydrogen) atoms. The molecule has 1 aliphatic rings. The second-order valence-corrected chi connectivity index (χ2v) is 6.53. The summed E-state index contributed by atoms with van der Waals surface area (Å²) < 4.78 is 1.80. The number of rotatable bonds is 2. The van der Waals surface area contributed by atoms with Gasteiger partial charge in [0.25, 0.3) is 0 Å². The Morgan fingerprint density at radius 2 is 2.09 bits per heavy atom. The maximum absolute atomic E-state index is 6.39. The van der Waals surface area contributed by atoms with Crippen molar-refractivity contribution in [1.82, 2.24) is 14.8 Å². The van der Waals surface area contributed by atoms with E-state index < -0.39 is 0 Å². The largest absolute Gasteiger partial charge is 0.323 e. The van der Waals surface area contributed by atoms with E-state index in [1.165, 1.54) is 6.33 Å². The van der Waals surface area contributed by atoms with Gasteiger partial charge in [0.1, 0.15) is 12.4 Å². The third-order valence-corrected chi connectivity index (χ3v) is 5.23. The lowest BCUT2D eigenvalue weighted by molar-refractivity contribution is 0.612. The third-order valence-electron chi connectivity index (χ3n) is 3.49. The first kappa shape index (κ1) is 13.8. The number of allylic oxidation sites excluding steroid dienone is 1. The number of fused-ring (bicyclic) bond motifs is 1. The van der Waals surface area contributed by atoms with Crippen LogP contribution in [0.1, 0.15) is 16.5 Å². The highest BCUT2D eigenvalue weighted by Gasteiger charge is 2.25. The number of benzene rings is 1. The van der Waals surface area contributed by atoms with Gasteiger partial charge in [-0.1, -0.05) is 41.4 Å². The number of hydrogen-bond acceptors (Lipinski definition) is 4. The lowest BCUT2D eigenvalue weighted by atomic mass is 10.0. The van der Waals surface area contributed by atoms with Crippen molar-refractivity contribution in [2.75, 3.05) is 5.32 Å². The summed E-state index contributed by atoms with van der Waals surface area (Å²) in [6, 6.07) is 9.55. The van der Waals surface area contributed by atoms with Crippen LogP contribution in [-0.2, 0) is 0 Å². The zero-order valence-corrected chi connectivity index (χ0v) is 13.5. The van der Waals surface area contributed by atoms with E-state index in [4.69, 9.17) is 23.2 Å². The van der Waals surface area contributed by atoms with E-state index in [0.29, 0.717) is 16.0 Å². The van der Waals surface area contributed by atoms with Crippen LogP contribution in [0.15, 0.2) is 48.1 Å². The Hall–Kier alpha value is -1.82. The van der Waals surface area contributed by atoms with Gasteiger partial charge in [0.05, 0.1) is 20.6 Å². The molecule has 1 aromatic carbocycles. The fourth-order valence-corrected chi connectivity index (χ4v) is 3.61. The molecule has 0 aliphatic carbocycles. The van der Waals surface area contributed by atoms with Crippen molar-refractivity contribution in [3.63, 3.8) is 0 Å². The third kappa shape index (κ3) is 2.22. The van der Waals surface area contributed by atoms with E-state index in [2.05, 4.69) is 27.5 Å². The van der Waals surface area contributed by atoms with Crippen LogP contribution in [0.5, 0.6) is 0 Å². The molecular weight excluding hydrogens is 339 g/mol. The highest BCUT2D eigenvalue weighted by atomic mass is 35.5. The first-order chi connectivity index (χ1) is 10.7. The van der Waals surface area contributed by atoms with Crippen molar-refractivity contribution in [3.8, 4) is 0 Å². The lowest BCUT2D eigenvalue weighted by Crippen LogP contribution is -2.20. The molecule has 110 valence electrons. The fourth-order valence-electron chi connectivity index (χ4n) is 2.48. The Bertz CT molecular complexity index is 854. The molecule has 4 rings (SSSR count). The zero-order valence-electron chi connectivity index (χ0n) is 11.2. The van der Waals surface area contributed by atoms with E-state index in [1.807, 2.05) is 23.6 Å². The van der Waals surface area contributed by atoms with Crippen LogP contribution in [0.4, 0.5) is 5.95 Å². The van der Waals surface area contributed by atoms with Crippen LogP contribution in [0, 0.1) is 0 Å². The molecule has 7 heteroatoms. The van der Waals surface area contributed by atoms with Crippen LogP contribution in [0.2, 0.25) is 10.0 Å². The number of anilines is 1. The van der Waals surface area contributed by atoms with Gasteiger partial charge in [0, 0.05) is 5.56 Å². The average Bonchev–Trinajstić information content (AvgIpc) is 3.19. The topological polar surface area (TPSA) is 42.7 Å². The normalized spacial score (nSPS) is 16.8. The second-order valence-electron chi connectivity index (χ2n) is 4.80. The SMILES string of the molecule is Clc1cccc(C2C=C(c3cccs3)Nc3ncnn32)c1Cl. The number of aromatic nitrogens is 3. The number of nitrogens with zero attached hydrogens (tertiary/aromatic N) is 3. The number of halogens is 2. The summed E-state index contributed by atoms with van der Waals surface area (Å²) in [5.41, 5.74) is 1.90. The van der Waals surface area contributed by atoms with Crippen molar-refractivity contribution in [3.05, 3.63) is 68.6 Å². The number of hydrogen-bond donors (Lipinski definition) is 1. The molecule has 0 saturated carbocycles.